The molecule has 2 heterocycles. The van der Waals surface area contributed by atoms with Crippen molar-refractivity contribution in [3.8, 4) is 0 Å². The van der Waals surface area contributed by atoms with E-state index in [2.05, 4.69) is 27.5 Å². The highest BCUT2D eigenvalue weighted by Crippen LogP contribution is 2.27. The number of hydrogen-bond acceptors (Lipinski definition) is 4. The van der Waals surface area contributed by atoms with Gasteiger partial charge in [-0.05, 0) is 61.7 Å². The second kappa shape index (κ2) is 10.0. The van der Waals surface area contributed by atoms with Gasteiger partial charge >= 0.3 is 0 Å². The van der Waals surface area contributed by atoms with Gasteiger partial charge in [-0.1, -0.05) is 46.7 Å². The molecular formula is C24H26BrN3O3S2. The topological polar surface area (TPSA) is 71.7 Å². The molecule has 1 atom stereocenters. The largest absolute Gasteiger partial charge is 0.312 e. The number of halogens is 1. The smallest absolute Gasteiger partial charge is 0.279 e. The van der Waals surface area contributed by atoms with E-state index in [0.717, 1.165) is 40.4 Å². The summed E-state index contributed by atoms with van der Waals surface area (Å²) in [6.45, 7) is 6.90. The van der Waals surface area contributed by atoms with Crippen LogP contribution in [0.15, 0.2) is 69.5 Å². The molecule has 1 aliphatic rings. The second-order valence-corrected chi connectivity index (χ2v) is 11.8. The highest BCUT2D eigenvalue weighted by atomic mass is 79.9. The molecule has 1 unspecified atom stereocenters. The third-order valence-electron chi connectivity index (χ3n) is 5.91. The number of amides is 1. The van der Waals surface area contributed by atoms with Crippen molar-refractivity contribution in [2.24, 2.45) is 4.99 Å². The number of sulfonamides is 1. The number of hydrogen-bond donors (Lipinski definition) is 0. The fourth-order valence-corrected chi connectivity index (χ4v) is 7.55. The van der Waals surface area contributed by atoms with Crippen LogP contribution in [0.2, 0.25) is 0 Å². The number of fused-ring (bicyclic) bond motifs is 1. The maximum Gasteiger partial charge on any atom is 0.279 e. The Balaban J connectivity index is 1.65. The Labute approximate surface area is 206 Å². The zero-order valence-corrected chi connectivity index (χ0v) is 21.6. The summed E-state index contributed by atoms with van der Waals surface area (Å²) in [6.07, 6.45) is 5.38. The van der Waals surface area contributed by atoms with Gasteiger partial charge in [-0.25, -0.2) is 8.42 Å². The van der Waals surface area contributed by atoms with Gasteiger partial charge in [0.15, 0.2) is 4.80 Å². The SMILES string of the molecule is C=CCn1c(=NC(=O)c2ccc(S(=O)(=O)N3CCCCC3CC)cc2)sc2cc(Br)ccc21. The number of thiazole rings is 1. The summed E-state index contributed by atoms with van der Waals surface area (Å²) in [5.74, 6) is -0.410. The van der Waals surface area contributed by atoms with Gasteiger partial charge in [0.2, 0.25) is 10.0 Å². The first kappa shape index (κ1) is 24.1. The van der Waals surface area contributed by atoms with Crippen LogP contribution in [0.4, 0.5) is 0 Å². The van der Waals surface area contributed by atoms with Crippen molar-refractivity contribution >= 4 is 53.4 Å². The third-order valence-corrected chi connectivity index (χ3v) is 9.41. The summed E-state index contributed by atoms with van der Waals surface area (Å²) in [4.78, 5) is 18.0. The predicted molar refractivity (Wildman–Crippen MR) is 136 cm³/mol. The van der Waals surface area contributed by atoms with Crippen molar-refractivity contribution in [2.45, 2.75) is 50.1 Å². The van der Waals surface area contributed by atoms with Gasteiger partial charge in [-0.2, -0.15) is 9.30 Å². The van der Waals surface area contributed by atoms with Gasteiger partial charge in [-0.15, -0.1) is 6.58 Å². The maximum absolute atomic E-state index is 13.2. The van der Waals surface area contributed by atoms with Crippen molar-refractivity contribution < 1.29 is 13.2 Å². The standard InChI is InChI=1S/C24H26BrN3O3S2/c1-3-14-27-21-13-10-18(25)16-22(21)32-24(27)26-23(29)17-8-11-20(12-9-17)33(30,31)28-15-6-5-7-19(28)4-2/h3,8-13,16,19H,1,4-7,14-15H2,2H3. The van der Waals surface area contributed by atoms with E-state index in [1.54, 1.807) is 22.5 Å². The van der Waals surface area contributed by atoms with Gasteiger partial charge < -0.3 is 4.57 Å². The fraction of sp³-hybridized carbons (Fsp3) is 0.333. The summed E-state index contributed by atoms with van der Waals surface area (Å²) in [6, 6.07) is 12.1. The first-order valence-electron chi connectivity index (χ1n) is 11.0. The lowest BCUT2D eigenvalue weighted by atomic mass is 10.0. The molecule has 174 valence electrons. The third kappa shape index (κ3) is 4.91. The average Bonchev–Trinajstić information content (AvgIpc) is 3.15. The minimum absolute atomic E-state index is 0.0355. The summed E-state index contributed by atoms with van der Waals surface area (Å²) in [5.41, 5.74) is 1.33. The Morgan fingerprint density at radius 2 is 2.00 bits per heavy atom. The van der Waals surface area contributed by atoms with E-state index in [0.29, 0.717) is 23.5 Å². The van der Waals surface area contributed by atoms with Crippen molar-refractivity contribution in [2.75, 3.05) is 6.54 Å². The van der Waals surface area contributed by atoms with Crippen LogP contribution in [0, 0.1) is 0 Å². The molecule has 0 spiro atoms. The molecule has 2 aromatic carbocycles. The fourth-order valence-electron chi connectivity index (χ4n) is 4.19. The molecule has 0 saturated carbocycles. The van der Waals surface area contributed by atoms with E-state index in [1.165, 1.54) is 23.5 Å². The molecule has 9 heteroatoms. The van der Waals surface area contributed by atoms with E-state index >= 15 is 0 Å². The Kier molecular flexibility index (Phi) is 7.33. The Morgan fingerprint density at radius 3 is 2.70 bits per heavy atom. The number of nitrogens with zero attached hydrogens (tertiary/aromatic N) is 3. The van der Waals surface area contributed by atoms with Crippen LogP contribution in [-0.2, 0) is 16.6 Å². The van der Waals surface area contributed by atoms with Gasteiger partial charge in [0.05, 0.1) is 15.1 Å². The Morgan fingerprint density at radius 1 is 1.24 bits per heavy atom. The average molecular weight is 549 g/mol. The van der Waals surface area contributed by atoms with E-state index in [9.17, 15) is 13.2 Å². The zero-order chi connectivity index (χ0) is 23.6. The quantitative estimate of drug-likeness (QED) is 0.390. The van der Waals surface area contributed by atoms with Gasteiger partial charge in [0.25, 0.3) is 5.91 Å². The molecule has 1 aromatic heterocycles. The van der Waals surface area contributed by atoms with Crippen molar-refractivity contribution in [1.82, 2.24) is 8.87 Å². The normalized spacial score (nSPS) is 18.0. The van der Waals surface area contributed by atoms with Crippen LogP contribution < -0.4 is 4.80 Å². The number of allylic oxidation sites excluding steroid dienone is 1. The molecule has 0 N–H and O–H groups in total. The van der Waals surface area contributed by atoms with Crippen LogP contribution in [-0.4, -0.2) is 35.8 Å². The van der Waals surface area contributed by atoms with E-state index in [-0.39, 0.29) is 10.9 Å². The lowest BCUT2D eigenvalue weighted by molar-refractivity contribution is 0.0997. The first-order valence-corrected chi connectivity index (χ1v) is 14.0. The number of piperidine rings is 1. The molecule has 1 fully saturated rings. The minimum atomic E-state index is -3.59. The minimum Gasteiger partial charge on any atom is -0.312 e. The highest BCUT2D eigenvalue weighted by Gasteiger charge is 2.32. The molecule has 1 saturated heterocycles. The van der Waals surface area contributed by atoms with Crippen molar-refractivity contribution in [3.63, 3.8) is 0 Å². The molecule has 0 aliphatic carbocycles. The van der Waals surface area contributed by atoms with Crippen molar-refractivity contribution in [3.05, 3.63) is 70.0 Å². The van der Waals surface area contributed by atoms with Gasteiger partial charge in [-0.3, -0.25) is 4.79 Å². The number of carbonyl (C=O) groups is 1. The molecule has 6 nitrogen and oxygen atoms in total. The van der Waals surface area contributed by atoms with E-state index in [1.807, 2.05) is 29.7 Å². The van der Waals surface area contributed by atoms with E-state index < -0.39 is 15.9 Å². The maximum atomic E-state index is 13.2. The molecule has 33 heavy (non-hydrogen) atoms. The molecule has 3 aromatic rings. The lowest BCUT2D eigenvalue weighted by Gasteiger charge is -2.34. The highest BCUT2D eigenvalue weighted by molar-refractivity contribution is 9.10. The van der Waals surface area contributed by atoms with Crippen LogP contribution in [0.3, 0.4) is 0 Å². The molecular weight excluding hydrogens is 522 g/mol. The summed E-state index contributed by atoms with van der Waals surface area (Å²) in [5, 5.41) is 0. The summed E-state index contributed by atoms with van der Waals surface area (Å²) >= 11 is 4.90. The lowest BCUT2D eigenvalue weighted by Crippen LogP contribution is -2.43. The van der Waals surface area contributed by atoms with Crippen LogP contribution in [0.5, 0.6) is 0 Å². The summed E-state index contributed by atoms with van der Waals surface area (Å²) in [7, 11) is -3.59. The Hall–Kier alpha value is -2.07. The van der Waals surface area contributed by atoms with E-state index in [4.69, 9.17) is 0 Å². The molecule has 1 aliphatic heterocycles. The molecule has 4 rings (SSSR count). The van der Waals surface area contributed by atoms with Crippen molar-refractivity contribution in [1.29, 1.82) is 0 Å². The molecule has 0 radical (unpaired) electrons. The number of aromatic nitrogens is 1. The van der Waals surface area contributed by atoms with Gasteiger partial charge in [0.1, 0.15) is 0 Å². The van der Waals surface area contributed by atoms with Crippen LogP contribution >= 0.6 is 27.3 Å². The number of benzene rings is 2. The zero-order valence-electron chi connectivity index (χ0n) is 18.4. The molecule has 1 amide bonds. The number of rotatable bonds is 6. The monoisotopic (exact) mass is 547 g/mol. The molecule has 0 bridgehead atoms. The van der Waals surface area contributed by atoms with Crippen LogP contribution in [0.25, 0.3) is 10.2 Å². The summed E-state index contributed by atoms with van der Waals surface area (Å²) < 4.78 is 31.9. The second-order valence-electron chi connectivity index (χ2n) is 8.01. The first-order chi connectivity index (χ1) is 15.8. The van der Waals surface area contributed by atoms with Gasteiger partial charge in [0, 0.05) is 29.2 Å². The predicted octanol–water partition coefficient (Wildman–Crippen LogP) is 5.35. The Bertz CT molecular complexity index is 1360. The number of carbonyl (C=O) groups excluding carboxylic acids is 1. The van der Waals surface area contributed by atoms with Crippen LogP contribution in [0.1, 0.15) is 43.0 Å².